The lowest BCUT2D eigenvalue weighted by atomic mass is 9.78. The monoisotopic (exact) mass is 470 g/mol. The van der Waals surface area contributed by atoms with Crippen molar-refractivity contribution in [1.82, 2.24) is 0 Å². The highest BCUT2D eigenvalue weighted by molar-refractivity contribution is 6.08. The summed E-state index contributed by atoms with van der Waals surface area (Å²) in [6.45, 7) is 3.26. The summed E-state index contributed by atoms with van der Waals surface area (Å²) in [5.41, 5.74) is 2.72. The van der Waals surface area contributed by atoms with Crippen molar-refractivity contribution in [2.75, 3.05) is 24.7 Å². The van der Waals surface area contributed by atoms with Gasteiger partial charge in [0.15, 0.2) is 11.6 Å². The Morgan fingerprint density at radius 1 is 1.06 bits per heavy atom. The van der Waals surface area contributed by atoms with Gasteiger partial charge in [-0.05, 0) is 47.9 Å². The van der Waals surface area contributed by atoms with Crippen LogP contribution >= 0.6 is 0 Å². The second-order valence-electron chi connectivity index (χ2n) is 8.96. The number of nitrogens with zero attached hydrogens (tertiary/aromatic N) is 2. The summed E-state index contributed by atoms with van der Waals surface area (Å²) in [5, 5.41) is 8.96. The first-order valence-corrected chi connectivity index (χ1v) is 12.2. The van der Waals surface area contributed by atoms with Crippen molar-refractivity contribution >= 4 is 17.5 Å². The molecule has 0 aliphatic carbocycles. The third-order valence-electron chi connectivity index (χ3n) is 6.54. The van der Waals surface area contributed by atoms with E-state index >= 15 is 0 Å². The summed E-state index contributed by atoms with van der Waals surface area (Å²) >= 11 is 0. The zero-order valence-electron chi connectivity index (χ0n) is 19.9. The zero-order chi connectivity index (χ0) is 24.3. The van der Waals surface area contributed by atoms with Gasteiger partial charge in [0, 0.05) is 37.2 Å². The molecule has 35 heavy (non-hydrogen) atoms. The van der Waals surface area contributed by atoms with E-state index in [9.17, 15) is 4.79 Å². The Labute approximate surface area is 205 Å². The Bertz CT molecular complexity index is 1210. The summed E-state index contributed by atoms with van der Waals surface area (Å²) in [4.78, 5) is 21.1. The minimum Gasteiger partial charge on any atom is -0.494 e. The molecular formula is C29H30N2O4. The van der Waals surface area contributed by atoms with Crippen LogP contribution in [0.3, 0.4) is 0 Å². The van der Waals surface area contributed by atoms with E-state index in [1.165, 1.54) is 0 Å². The largest absolute Gasteiger partial charge is 0.494 e. The SMILES string of the molecule is CCCN1C(=O)[C@@]2(Cc3ccccc31)N=C(c1ccc(OCCCO)cc1)O[C@H]2c1ccccc1. The zero-order valence-corrected chi connectivity index (χ0v) is 19.9. The molecule has 5 rings (SSSR count). The highest BCUT2D eigenvalue weighted by Gasteiger charge is 2.57. The smallest absolute Gasteiger partial charge is 0.259 e. The number of rotatable bonds is 8. The number of aliphatic imine (C=N–C) groups is 1. The maximum atomic E-state index is 14.2. The number of ether oxygens (including phenoxy) is 2. The average Bonchev–Trinajstić information content (AvgIpc) is 3.28. The fourth-order valence-corrected chi connectivity index (χ4v) is 4.90. The molecule has 1 amide bonds. The average molecular weight is 471 g/mol. The number of hydrogen-bond acceptors (Lipinski definition) is 5. The van der Waals surface area contributed by atoms with Gasteiger partial charge in [-0.3, -0.25) is 4.79 Å². The first-order chi connectivity index (χ1) is 17.2. The number of benzene rings is 3. The van der Waals surface area contributed by atoms with E-state index in [0.717, 1.165) is 28.8 Å². The highest BCUT2D eigenvalue weighted by atomic mass is 16.5. The van der Waals surface area contributed by atoms with Crippen LogP contribution in [0.25, 0.3) is 0 Å². The van der Waals surface area contributed by atoms with Crippen molar-refractivity contribution in [3.05, 3.63) is 95.6 Å². The van der Waals surface area contributed by atoms with Gasteiger partial charge in [0.1, 0.15) is 5.75 Å². The molecule has 1 N–H and O–H groups in total. The number of amides is 1. The number of aliphatic hydroxyl groups excluding tert-OH is 1. The molecule has 3 aromatic rings. The van der Waals surface area contributed by atoms with Crippen LogP contribution in [0.15, 0.2) is 83.9 Å². The maximum Gasteiger partial charge on any atom is 0.259 e. The van der Waals surface area contributed by atoms with Crippen molar-refractivity contribution in [3.63, 3.8) is 0 Å². The van der Waals surface area contributed by atoms with Crippen LogP contribution < -0.4 is 9.64 Å². The van der Waals surface area contributed by atoms with Crippen LogP contribution in [0.4, 0.5) is 5.69 Å². The van der Waals surface area contributed by atoms with Gasteiger partial charge < -0.3 is 19.5 Å². The van der Waals surface area contributed by atoms with Gasteiger partial charge in [-0.15, -0.1) is 0 Å². The fourth-order valence-electron chi connectivity index (χ4n) is 4.90. The standard InChI is InChI=1S/C29H30N2O4/c1-2-17-31-25-12-7-6-11-23(25)20-29(28(31)33)26(21-9-4-3-5-10-21)35-27(30-29)22-13-15-24(16-14-22)34-19-8-18-32/h3-7,9-16,26,32H,2,8,17-20H2,1H3/t26-,29-/m0/s1. The first-order valence-electron chi connectivity index (χ1n) is 12.2. The second kappa shape index (κ2) is 9.92. The van der Waals surface area contributed by atoms with Crippen molar-refractivity contribution in [1.29, 1.82) is 0 Å². The fraction of sp³-hybridized carbons (Fsp3) is 0.310. The van der Waals surface area contributed by atoms with E-state index in [2.05, 4.69) is 13.0 Å². The minimum absolute atomic E-state index is 0.0224. The lowest BCUT2D eigenvalue weighted by Gasteiger charge is -2.40. The molecule has 180 valence electrons. The van der Waals surface area contributed by atoms with Crippen LogP contribution in [-0.2, 0) is 16.0 Å². The van der Waals surface area contributed by atoms with Crippen molar-refractivity contribution in [2.24, 2.45) is 4.99 Å². The van der Waals surface area contributed by atoms with E-state index in [1.54, 1.807) is 0 Å². The lowest BCUT2D eigenvalue weighted by Crippen LogP contribution is -2.55. The molecular weight excluding hydrogens is 440 g/mol. The Balaban J connectivity index is 1.56. The van der Waals surface area contributed by atoms with E-state index < -0.39 is 11.6 Å². The van der Waals surface area contributed by atoms with Gasteiger partial charge in [-0.25, -0.2) is 4.99 Å². The molecule has 6 nitrogen and oxygen atoms in total. The van der Waals surface area contributed by atoms with Crippen molar-refractivity contribution < 1.29 is 19.4 Å². The Kier molecular flexibility index (Phi) is 6.55. The number of carbonyl (C=O) groups is 1. The first kappa shape index (κ1) is 23.1. The normalized spacial score (nSPS) is 21.0. The number of fused-ring (bicyclic) bond motifs is 1. The molecule has 2 aliphatic rings. The third kappa shape index (κ3) is 4.30. The topological polar surface area (TPSA) is 71.4 Å². The molecule has 2 atom stereocenters. The quantitative estimate of drug-likeness (QED) is 0.484. The van der Waals surface area contributed by atoms with E-state index in [1.807, 2.05) is 77.7 Å². The lowest BCUT2D eigenvalue weighted by molar-refractivity contribution is -0.126. The summed E-state index contributed by atoms with van der Waals surface area (Å²) in [6, 6.07) is 25.5. The molecule has 6 heteroatoms. The summed E-state index contributed by atoms with van der Waals surface area (Å²) in [5.74, 6) is 1.16. The van der Waals surface area contributed by atoms with Crippen LogP contribution in [0, 0.1) is 0 Å². The van der Waals surface area contributed by atoms with Gasteiger partial charge in [0.05, 0.1) is 6.61 Å². The number of anilines is 1. The third-order valence-corrected chi connectivity index (χ3v) is 6.54. The molecule has 0 bridgehead atoms. The number of para-hydroxylation sites is 1. The maximum absolute atomic E-state index is 14.2. The van der Waals surface area contributed by atoms with Gasteiger partial charge in [-0.2, -0.15) is 0 Å². The van der Waals surface area contributed by atoms with Crippen LogP contribution in [0.5, 0.6) is 5.75 Å². The summed E-state index contributed by atoms with van der Waals surface area (Å²) in [7, 11) is 0. The molecule has 2 aliphatic heterocycles. The van der Waals surface area contributed by atoms with Crippen LogP contribution in [-0.4, -0.2) is 42.2 Å². The molecule has 0 saturated heterocycles. The Morgan fingerprint density at radius 3 is 2.54 bits per heavy atom. The van der Waals surface area contributed by atoms with Gasteiger partial charge in [-0.1, -0.05) is 55.5 Å². The molecule has 0 saturated carbocycles. The van der Waals surface area contributed by atoms with E-state index in [-0.39, 0.29) is 12.5 Å². The molecule has 2 heterocycles. The van der Waals surface area contributed by atoms with Crippen LogP contribution in [0.2, 0.25) is 0 Å². The summed E-state index contributed by atoms with van der Waals surface area (Å²) in [6.07, 6.45) is 1.38. The Hall–Kier alpha value is -3.64. The van der Waals surface area contributed by atoms with Gasteiger partial charge >= 0.3 is 0 Å². The Morgan fingerprint density at radius 2 is 1.80 bits per heavy atom. The molecule has 0 radical (unpaired) electrons. The molecule has 1 spiro atoms. The van der Waals surface area contributed by atoms with Gasteiger partial charge in [0.25, 0.3) is 5.91 Å². The predicted octanol–water partition coefficient (Wildman–Crippen LogP) is 4.70. The molecule has 0 unspecified atom stereocenters. The van der Waals surface area contributed by atoms with Crippen LogP contribution in [0.1, 0.15) is 42.6 Å². The van der Waals surface area contributed by atoms with E-state index in [0.29, 0.717) is 37.6 Å². The number of aliphatic hydroxyl groups is 1. The summed E-state index contributed by atoms with van der Waals surface area (Å²) < 4.78 is 12.2. The minimum atomic E-state index is -1.07. The predicted molar refractivity (Wildman–Crippen MR) is 136 cm³/mol. The van der Waals surface area contributed by atoms with E-state index in [4.69, 9.17) is 19.6 Å². The van der Waals surface area contributed by atoms with Crippen molar-refractivity contribution in [2.45, 2.75) is 37.8 Å². The van der Waals surface area contributed by atoms with Gasteiger partial charge in [0.2, 0.25) is 5.90 Å². The number of hydrogen-bond donors (Lipinski definition) is 1. The highest BCUT2D eigenvalue weighted by Crippen LogP contribution is 2.47. The molecule has 0 fully saturated rings. The molecule has 3 aromatic carbocycles. The molecule has 0 aromatic heterocycles. The second-order valence-corrected chi connectivity index (χ2v) is 8.96. The number of carbonyl (C=O) groups excluding carboxylic acids is 1. The van der Waals surface area contributed by atoms with Crippen molar-refractivity contribution in [3.8, 4) is 5.75 Å².